The number of thiophene rings is 1. The third kappa shape index (κ3) is 2.95. The molecule has 2 aromatic rings. The fraction of sp³-hybridized carbons (Fsp3) is 0.286. The SMILES string of the molecule is CCN(c1cccc(F)c1)S(=O)(=O)c1c(C)csc1CO. The molecule has 0 radical (unpaired) electrons. The Bertz CT molecular complexity index is 740. The number of nitrogens with zero attached hydrogens (tertiary/aromatic N) is 1. The van der Waals surface area contributed by atoms with E-state index in [0.717, 1.165) is 4.31 Å². The van der Waals surface area contributed by atoms with Crippen LogP contribution in [0.4, 0.5) is 10.1 Å². The van der Waals surface area contributed by atoms with Crippen molar-refractivity contribution in [2.75, 3.05) is 10.8 Å². The first-order valence-corrected chi connectivity index (χ1v) is 8.70. The molecule has 0 aliphatic heterocycles. The second kappa shape index (κ2) is 6.13. The number of aryl methyl sites for hydroxylation is 1. The summed E-state index contributed by atoms with van der Waals surface area (Å²) in [6.45, 7) is 3.20. The molecule has 0 saturated heterocycles. The minimum absolute atomic E-state index is 0.112. The van der Waals surface area contributed by atoms with Gasteiger partial charge < -0.3 is 5.11 Å². The van der Waals surface area contributed by atoms with Crippen molar-refractivity contribution >= 4 is 27.0 Å². The number of aliphatic hydroxyl groups excluding tert-OH is 1. The monoisotopic (exact) mass is 329 g/mol. The molecular formula is C14H16FNO3S2. The van der Waals surface area contributed by atoms with Crippen LogP contribution in [0.15, 0.2) is 34.5 Å². The van der Waals surface area contributed by atoms with E-state index in [1.54, 1.807) is 25.3 Å². The average Bonchev–Trinajstić information content (AvgIpc) is 2.81. The van der Waals surface area contributed by atoms with Crippen LogP contribution in [0.1, 0.15) is 17.4 Å². The second-order valence-electron chi connectivity index (χ2n) is 4.48. The lowest BCUT2D eigenvalue weighted by Gasteiger charge is -2.23. The van der Waals surface area contributed by atoms with Gasteiger partial charge in [-0.2, -0.15) is 0 Å². The summed E-state index contributed by atoms with van der Waals surface area (Å²) in [6.07, 6.45) is 0. The van der Waals surface area contributed by atoms with Crippen LogP contribution in [0.2, 0.25) is 0 Å². The summed E-state index contributed by atoms with van der Waals surface area (Å²) < 4.78 is 40.2. The standard InChI is InChI=1S/C14H16FNO3S2/c1-3-16(12-6-4-5-11(15)7-12)21(18,19)14-10(2)9-20-13(14)8-17/h4-7,9,17H,3,8H2,1-2H3. The maximum absolute atomic E-state index is 13.4. The van der Waals surface area contributed by atoms with E-state index in [9.17, 15) is 17.9 Å². The largest absolute Gasteiger partial charge is 0.391 e. The van der Waals surface area contributed by atoms with Crippen molar-refractivity contribution in [2.24, 2.45) is 0 Å². The summed E-state index contributed by atoms with van der Waals surface area (Å²) in [7, 11) is -3.83. The lowest BCUT2D eigenvalue weighted by molar-refractivity contribution is 0.282. The van der Waals surface area contributed by atoms with Gasteiger partial charge in [-0.25, -0.2) is 12.8 Å². The molecule has 0 atom stereocenters. The number of aliphatic hydroxyl groups is 1. The summed E-state index contributed by atoms with van der Waals surface area (Å²) in [5, 5.41) is 11.0. The van der Waals surface area contributed by atoms with E-state index >= 15 is 0 Å². The predicted molar refractivity (Wildman–Crippen MR) is 81.6 cm³/mol. The maximum atomic E-state index is 13.4. The molecule has 1 aromatic heterocycles. The molecule has 0 aliphatic carbocycles. The molecule has 114 valence electrons. The first-order chi connectivity index (χ1) is 9.91. The average molecular weight is 329 g/mol. The van der Waals surface area contributed by atoms with E-state index in [-0.39, 0.29) is 23.7 Å². The van der Waals surface area contributed by atoms with Crippen LogP contribution in [0.3, 0.4) is 0 Å². The van der Waals surface area contributed by atoms with E-state index in [2.05, 4.69) is 0 Å². The molecule has 0 saturated carbocycles. The quantitative estimate of drug-likeness (QED) is 0.917. The number of rotatable bonds is 5. The molecule has 1 aromatic carbocycles. The van der Waals surface area contributed by atoms with Gasteiger partial charge in [0.15, 0.2) is 0 Å². The number of sulfonamides is 1. The molecule has 0 spiro atoms. The molecular weight excluding hydrogens is 313 g/mol. The zero-order valence-electron chi connectivity index (χ0n) is 11.7. The zero-order chi connectivity index (χ0) is 15.6. The highest BCUT2D eigenvalue weighted by atomic mass is 32.2. The van der Waals surface area contributed by atoms with Crippen molar-refractivity contribution in [3.8, 4) is 0 Å². The molecule has 0 bridgehead atoms. The van der Waals surface area contributed by atoms with Gasteiger partial charge in [0.2, 0.25) is 0 Å². The molecule has 4 nitrogen and oxygen atoms in total. The van der Waals surface area contributed by atoms with Crippen molar-refractivity contribution in [3.63, 3.8) is 0 Å². The smallest absolute Gasteiger partial charge is 0.265 e. The highest BCUT2D eigenvalue weighted by Crippen LogP contribution is 2.32. The molecule has 1 heterocycles. The van der Waals surface area contributed by atoms with E-state index in [0.29, 0.717) is 10.4 Å². The van der Waals surface area contributed by atoms with Gasteiger partial charge in [0.05, 0.1) is 17.2 Å². The van der Waals surface area contributed by atoms with Crippen LogP contribution >= 0.6 is 11.3 Å². The number of halogens is 1. The van der Waals surface area contributed by atoms with Gasteiger partial charge in [-0.15, -0.1) is 11.3 Å². The van der Waals surface area contributed by atoms with Crippen LogP contribution in [0, 0.1) is 12.7 Å². The third-order valence-electron chi connectivity index (χ3n) is 3.06. The number of anilines is 1. The molecule has 0 aliphatic rings. The lowest BCUT2D eigenvalue weighted by atomic mass is 10.3. The molecule has 0 amide bonds. The molecule has 21 heavy (non-hydrogen) atoms. The van der Waals surface area contributed by atoms with Crippen LogP contribution in [0.25, 0.3) is 0 Å². The summed E-state index contributed by atoms with van der Waals surface area (Å²) >= 11 is 1.20. The minimum atomic E-state index is -3.83. The Morgan fingerprint density at radius 1 is 1.38 bits per heavy atom. The highest BCUT2D eigenvalue weighted by Gasteiger charge is 2.29. The number of hydrogen-bond donors (Lipinski definition) is 1. The summed E-state index contributed by atoms with van der Waals surface area (Å²) in [5.74, 6) is -0.495. The van der Waals surface area contributed by atoms with E-state index < -0.39 is 15.8 Å². The van der Waals surface area contributed by atoms with Crippen LogP contribution in [-0.4, -0.2) is 20.1 Å². The molecule has 0 fully saturated rings. The normalized spacial score (nSPS) is 11.6. The number of benzene rings is 1. The van der Waals surface area contributed by atoms with Crippen molar-refractivity contribution in [3.05, 3.63) is 45.9 Å². The van der Waals surface area contributed by atoms with E-state index in [4.69, 9.17) is 0 Å². The molecule has 1 N–H and O–H groups in total. The Morgan fingerprint density at radius 3 is 2.67 bits per heavy atom. The molecule has 7 heteroatoms. The summed E-state index contributed by atoms with van der Waals surface area (Å²) in [5.41, 5.74) is 0.853. The van der Waals surface area contributed by atoms with Crippen LogP contribution < -0.4 is 4.31 Å². The van der Waals surface area contributed by atoms with Gasteiger partial charge in [-0.1, -0.05) is 6.07 Å². The zero-order valence-corrected chi connectivity index (χ0v) is 13.3. The first kappa shape index (κ1) is 15.9. The Balaban J connectivity index is 2.57. The van der Waals surface area contributed by atoms with Gasteiger partial charge in [-0.05, 0) is 43.0 Å². The summed E-state index contributed by atoms with van der Waals surface area (Å²) in [6, 6.07) is 5.46. The fourth-order valence-corrected chi connectivity index (χ4v) is 5.26. The highest BCUT2D eigenvalue weighted by molar-refractivity contribution is 7.93. The van der Waals surface area contributed by atoms with E-state index in [1.807, 2.05) is 0 Å². The Labute approximate surface area is 127 Å². The van der Waals surface area contributed by atoms with Gasteiger partial charge in [0.25, 0.3) is 10.0 Å². The second-order valence-corrected chi connectivity index (χ2v) is 7.24. The first-order valence-electron chi connectivity index (χ1n) is 6.38. The van der Waals surface area contributed by atoms with Crippen molar-refractivity contribution in [1.29, 1.82) is 0 Å². The third-order valence-corrected chi connectivity index (χ3v) is 6.42. The fourth-order valence-electron chi connectivity index (χ4n) is 2.18. The molecule has 0 unspecified atom stereocenters. The Morgan fingerprint density at radius 2 is 2.10 bits per heavy atom. The maximum Gasteiger partial charge on any atom is 0.265 e. The Kier molecular flexibility index (Phi) is 4.65. The minimum Gasteiger partial charge on any atom is -0.391 e. The van der Waals surface area contributed by atoms with Gasteiger partial charge in [0, 0.05) is 6.54 Å². The number of hydrogen-bond acceptors (Lipinski definition) is 4. The van der Waals surface area contributed by atoms with Gasteiger partial charge in [0.1, 0.15) is 10.7 Å². The topological polar surface area (TPSA) is 57.6 Å². The van der Waals surface area contributed by atoms with Crippen LogP contribution in [-0.2, 0) is 16.6 Å². The van der Waals surface area contributed by atoms with Crippen molar-refractivity contribution in [2.45, 2.75) is 25.3 Å². The lowest BCUT2D eigenvalue weighted by Crippen LogP contribution is -2.31. The van der Waals surface area contributed by atoms with E-state index in [1.165, 1.54) is 29.5 Å². The predicted octanol–water partition coefficient (Wildman–Crippen LogP) is 2.90. The van der Waals surface area contributed by atoms with Crippen LogP contribution in [0.5, 0.6) is 0 Å². The van der Waals surface area contributed by atoms with Crippen molar-refractivity contribution in [1.82, 2.24) is 0 Å². The van der Waals surface area contributed by atoms with Crippen molar-refractivity contribution < 1.29 is 17.9 Å². The molecule has 2 rings (SSSR count). The summed E-state index contributed by atoms with van der Waals surface area (Å²) in [4.78, 5) is 0.503. The van der Waals surface area contributed by atoms with Gasteiger partial charge >= 0.3 is 0 Å². The Hall–Kier alpha value is -1.44. The van der Waals surface area contributed by atoms with Gasteiger partial charge in [-0.3, -0.25) is 4.31 Å².